The molecule has 0 bridgehead atoms. The normalized spacial score (nSPS) is 20.4. The predicted molar refractivity (Wildman–Crippen MR) is 140 cm³/mol. The van der Waals surface area contributed by atoms with Crippen LogP contribution in [0.25, 0.3) is 0 Å². The summed E-state index contributed by atoms with van der Waals surface area (Å²) >= 11 is 4.04. The number of amides is 2. The van der Waals surface area contributed by atoms with Crippen molar-refractivity contribution >= 4 is 80.5 Å². The van der Waals surface area contributed by atoms with Crippen LogP contribution in [-0.4, -0.2) is 75.2 Å². The van der Waals surface area contributed by atoms with E-state index in [9.17, 15) is 24.3 Å². The second-order valence-corrected chi connectivity index (χ2v) is 12.1. The number of oxime groups is 1. The van der Waals surface area contributed by atoms with Crippen molar-refractivity contribution in [1.82, 2.24) is 19.6 Å². The van der Waals surface area contributed by atoms with E-state index in [0.717, 1.165) is 11.5 Å². The maximum atomic E-state index is 13.3. The number of nitrogens with one attached hydrogen (secondary N) is 1. The average Bonchev–Trinajstić information content (AvgIpc) is 3.17. The lowest BCUT2D eigenvalue weighted by Gasteiger charge is -2.46. The highest BCUT2D eigenvalue weighted by atomic mass is 127. The number of aromatic nitrogens is 2. The van der Waals surface area contributed by atoms with Gasteiger partial charge in [0.2, 0.25) is 23.0 Å². The Bertz CT molecular complexity index is 1160. The van der Waals surface area contributed by atoms with Crippen molar-refractivity contribution in [3.05, 3.63) is 17.1 Å². The van der Waals surface area contributed by atoms with E-state index in [1.807, 2.05) is 22.6 Å². The lowest BCUT2D eigenvalue weighted by Crippen LogP contribution is -2.57. The second-order valence-electron chi connectivity index (χ2n) is 9.22. The molecule has 2 aliphatic heterocycles. The molecular weight excluding hydrogens is 627 g/mol. The second kappa shape index (κ2) is 10.5. The number of carboxylic acids is 1. The fourth-order valence-corrected chi connectivity index (χ4v) is 6.05. The van der Waals surface area contributed by atoms with E-state index in [0.29, 0.717) is 5.57 Å². The summed E-state index contributed by atoms with van der Waals surface area (Å²) in [5.74, 6) is -3.17. The molecule has 2 amide bonds. The molecule has 1 fully saturated rings. The van der Waals surface area contributed by atoms with E-state index >= 15 is 0 Å². The molecule has 13 nitrogen and oxygen atoms in total. The zero-order chi connectivity index (χ0) is 27.0. The minimum Gasteiger partial charge on any atom is -0.477 e. The van der Waals surface area contributed by atoms with Gasteiger partial charge < -0.3 is 25.7 Å². The highest BCUT2D eigenvalue weighted by Gasteiger charge is 2.49. The van der Waals surface area contributed by atoms with Crippen LogP contribution in [0.1, 0.15) is 46.9 Å². The first-order valence-electron chi connectivity index (χ1n) is 10.5. The third-order valence-corrected chi connectivity index (χ3v) is 7.52. The molecule has 3 rings (SSSR count). The molecule has 1 aromatic heterocycles. The van der Waals surface area contributed by atoms with Crippen LogP contribution in [0.5, 0.6) is 0 Å². The summed E-state index contributed by atoms with van der Waals surface area (Å²) in [6.45, 7) is 7.96. The molecule has 0 spiro atoms. The first kappa shape index (κ1) is 28.1. The third-order valence-electron chi connectivity index (χ3n) is 4.79. The van der Waals surface area contributed by atoms with Crippen LogP contribution < -0.4 is 11.1 Å². The molecule has 1 aromatic rings. The van der Waals surface area contributed by atoms with Gasteiger partial charge in [-0.25, -0.2) is 9.59 Å². The predicted octanol–water partition coefficient (Wildman–Crippen LogP) is 1.48. The van der Waals surface area contributed by atoms with Crippen LogP contribution in [0.2, 0.25) is 0 Å². The van der Waals surface area contributed by atoms with Crippen LogP contribution in [0.3, 0.4) is 0 Å². The lowest BCUT2D eigenvalue weighted by atomic mass is 10.1. The summed E-state index contributed by atoms with van der Waals surface area (Å²) in [5, 5.41) is 15.2. The van der Waals surface area contributed by atoms with Crippen LogP contribution in [-0.2, 0) is 28.8 Å². The van der Waals surface area contributed by atoms with Gasteiger partial charge in [0, 0.05) is 21.5 Å². The van der Waals surface area contributed by atoms with E-state index in [1.54, 1.807) is 20.8 Å². The number of ether oxygens (including phenoxy) is 1. The monoisotopic (exact) mass is 652 g/mol. The largest absolute Gasteiger partial charge is 0.477 e. The van der Waals surface area contributed by atoms with Gasteiger partial charge in [0.25, 0.3) is 5.91 Å². The molecule has 36 heavy (non-hydrogen) atoms. The number of thioether (sulfide) groups is 1. The Morgan fingerprint density at radius 1 is 1.31 bits per heavy atom. The summed E-state index contributed by atoms with van der Waals surface area (Å²) in [6, 6.07) is 0. The number of nitrogens with zero attached hydrogens (tertiary/aromatic N) is 4. The van der Waals surface area contributed by atoms with E-state index in [4.69, 9.17) is 15.3 Å². The van der Waals surface area contributed by atoms with Crippen LogP contribution >= 0.6 is 45.9 Å². The first-order valence-corrected chi connectivity index (χ1v) is 13.8. The van der Waals surface area contributed by atoms with E-state index in [-0.39, 0.29) is 39.1 Å². The molecule has 0 radical (unpaired) electrons. The van der Waals surface area contributed by atoms with Gasteiger partial charge >= 0.3 is 11.9 Å². The smallest absolute Gasteiger partial charge is 0.353 e. The maximum absolute atomic E-state index is 13.3. The van der Waals surface area contributed by atoms with Gasteiger partial charge in [0.15, 0.2) is 5.13 Å². The van der Waals surface area contributed by atoms with Crippen molar-refractivity contribution in [2.24, 2.45) is 5.16 Å². The Balaban J connectivity index is 1.90. The number of esters is 1. The number of hydrogen-bond acceptors (Lipinski definition) is 12. The van der Waals surface area contributed by atoms with E-state index in [1.165, 1.54) is 30.5 Å². The van der Waals surface area contributed by atoms with Gasteiger partial charge in [0.1, 0.15) is 16.7 Å². The Hall–Kier alpha value is -2.47. The highest BCUT2D eigenvalue weighted by Crippen LogP contribution is 2.43. The molecule has 196 valence electrons. The summed E-state index contributed by atoms with van der Waals surface area (Å²) in [5.41, 5.74) is 3.19. The topological polar surface area (TPSA) is 186 Å². The van der Waals surface area contributed by atoms with E-state index < -0.39 is 39.8 Å². The van der Waals surface area contributed by atoms with Crippen molar-refractivity contribution in [1.29, 1.82) is 0 Å². The summed E-state index contributed by atoms with van der Waals surface area (Å²) in [4.78, 5) is 60.4. The molecule has 1 saturated heterocycles. The fraction of sp³-hybridized carbons (Fsp3) is 0.550. The summed E-state index contributed by atoms with van der Waals surface area (Å²) < 4.78 is 9.60. The number of carboxylic acid groups (broad SMARTS) is 1. The molecule has 16 heteroatoms. The van der Waals surface area contributed by atoms with Crippen molar-refractivity contribution < 1.29 is 33.9 Å². The Morgan fingerprint density at radius 2 is 1.97 bits per heavy atom. The number of aliphatic carboxylic acids is 1. The molecular formula is C20H25IN6O7S2. The Kier molecular flexibility index (Phi) is 8.19. The number of nitrogen functional groups attached to an aromatic ring is 1. The van der Waals surface area contributed by atoms with Crippen molar-refractivity contribution in [3.63, 3.8) is 0 Å². The number of β-lactam (4-membered cyclic amide) rings is 1. The van der Waals surface area contributed by atoms with E-state index in [2.05, 4.69) is 19.8 Å². The van der Waals surface area contributed by atoms with Crippen LogP contribution in [0, 0.1) is 0 Å². The van der Waals surface area contributed by atoms with Gasteiger partial charge in [-0.15, -0.1) is 11.8 Å². The van der Waals surface area contributed by atoms with Crippen molar-refractivity contribution in [3.8, 4) is 0 Å². The van der Waals surface area contributed by atoms with Crippen molar-refractivity contribution in [2.45, 2.75) is 63.0 Å². The molecule has 3 heterocycles. The Labute approximate surface area is 228 Å². The molecule has 4 N–H and O–H groups in total. The average molecular weight is 652 g/mol. The van der Waals surface area contributed by atoms with Crippen LogP contribution in [0.15, 0.2) is 16.4 Å². The minimum atomic E-state index is -1.56. The highest BCUT2D eigenvalue weighted by molar-refractivity contribution is 14.1. The number of hydrogen-bond donors (Lipinski definition) is 3. The van der Waals surface area contributed by atoms with Gasteiger partial charge in [-0.2, -0.15) is 9.36 Å². The number of carbonyl (C=O) groups excluding carboxylic acids is 3. The number of halogens is 1. The van der Waals surface area contributed by atoms with Gasteiger partial charge in [-0.3, -0.25) is 14.5 Å². The number of fused-ring (bicyclic) bond motifs is 1. The number of carbonyl (C=O) groups is 4. The maximum Gasteiger partial charge on any atom is 0.353 e. The molecule has 1 unspecified atom stereocenters. The standard InChI is InChI=1S/C20H25IN6O7S2/c1-19(2,3)33-17(32)20(4,5)34-25-11(13-23-18(22)36-26-13)14(29)24-15-8(7-21)12(16(30)31)27-9(28)6-10(27)35-15/h10,15H,6-7H2,1-5H3,(H,24,29)(H,30,31)(H2,22,23,26)/b25-11-/t10-,15?/m1/s1. The fourth-order valence-electron chi connectivity index (χ4n) is 3.08. The molecule has 0 saturated carbocycles. The van der Waals surface area contributed by atoms with Gasteiger partial charge in [0.05, 0.1) is 11.8 Å². The number of alkyl halides is 1. The molecule has 0 aromatic carbocycles. The summed E-state index contributed by atoms with van der Waals surface area (Å²) in [7, 11) is 0. The number of rotatable bonds is 8. The first-order chi connectivity index (χ1) is 16.6. The zero-order valence-corrected chi connectivity index (χ0v) is 23.8. The number of nitrogens with two attached hydrogens (primary N) is 1. The lowest BCUT2D eigenvalue weighted by molar-refractivity contribution is -0.179. The van der Waals surface area contributed by atoms with Gasteiger partial charge in [-0.1, -0.05) is 27.7 Å². The third kappa shape index (κ3) is 6.08. The SMILES string of the molecule is CC(C)(C)OC(=O)C(C)(C)O/N=C(\C(=O)NC1S[C@@H]2CC(=O)N2C(C(=O)O)=C1CI)c1nsc(N)n1. The molecule has 2 atom stereocenters. The number of anilines is 1. The van der Waals surface area contributed by atoms with Crippen molar-refractivity contribution in [2.75, 3.05) is 10.2 Å². The minimum absolute atomic E-state index is 0.0774. The van der Waals surface area contributed by atoms with Gasteiger partial charge in [-0.05, 0) is 34.6 Å². The summed E-state index contributed by atoms with van der Waals surface area (Å²) in [6.07, 6.45) is 0.153. The zero-order valence-electron chi connectivity index (χ0n) is 20.0. The molecule has 0 aliphatic carbocycles. The van der Waals surface area contributed by atoms with Crippen LogP contribution in [0.4, 0.5) is 5.13 Å². The Morgan fingerprint density at radius 3 is 2.47 bits per heavy atom. The quantitative estimate of drug-likeness (QED) is 0.0923. The molecule has 2 aliphatic rings.